The van der Waals surface area contributed by atoms with Crippen LogP contribution in [0.3, 0.4) is 0 Å². The molecule has 0 spiro atoms. The van der Waals surface area contributed by atoms with Gasteiger partial charge in [-0.25, -0.2) is 9.37 Å². The van der Waals surface area contributed by atoms with Gasteiger partial charge < -0.3 is 10.6 Å². The standard InChI is InChI=1S/C20H17FN4O4S/c1-12-17(30-20(23-12)13-3-2-4-14(21)11-13)9-10-22-18(26)19(27)24-15-5-7-16(8-6-15)25(28)29/h2-8,11H,9-10H2,1H3,(H,22,26)(H,24,27). The third-order valence-corrected chi connectivity index (χ3v) is 5.41. The molecule has 0 fully saturated rings. The van der Waals surface area contributed by atoms with Gasteiger partial charge in [-0.1, -0.05) is 12.1 Å². The lowest BCUT2D eigenvalue weighted by atomic mass is 10.2. The predicted molar refractivity (Wildman–Crippen MR) is 111 cm³/mol. The molecule has 154 valence electrons. The Morgan fingerprint density at radius 2 is 1.90 bits per heavy atom. The van der Waals surface area contributed by atoms with Gasteiger partial charge in [0.15, 0.2) is 0 Å². The Morgan fingerprint density at radius 1 is 1.17 bits per heavy atom. The molecule has 0 bridgehead atoms. The van der Waals surface area contributed by atoms with Crippen molar-refractivity contribution in [1.29, 1.82) is 0 Å². The van der Waals surface area contributed by atoms with Crippen molar-refractivity contribution in [1.82, 2.24) is 10.3 Å². The first-order valence-corrected chi connectivity index (χ1v) is 9.71. The van der Waals surface area contributed by atoms with Crippen LogP contribution in [0.5, 0.6) is 0 Å². The Labute approximate surface area is 174 Å². The lowest BCUT2D eigenvalue weighted by Crippen LogP contribution is -2.36. The van der Waals surface area contributed by atoms with Crippen LogP contribution in [0, 0.1) is 22.9 Å². The van der Waals surface area contributed by atoms with Crippen LogP contribution >= 0.6 is 11.3 Å². The molecule has 8 nitrogen and oxygen atoms in total. The highest BCUT2D eigenvalue weighted by Crippen LogP contribution is 2.28. The summed E-state index contributed by atoms with van der Waals surface area (Å²) >= 11 is 1.40. The number of carbonyl (C=O) groups is 2. The van der Waals surface area contributed by atoms with E-state index in [1.54, 1.807) is 12.1 Å². The Morgan fingerprint density at radius 3 is 2.57 bits per heavy atom. The molecular formula is C20H17FN4O4S. The topological polar surface area (TPSA) is 114 Å². The van der Waals surface area contributed by atoms with Crippen LogP contribution < -0.4 is 10.6 Å². The van der Waals surface area contributed by atoms with Crippen LogP contribution in [-0.2, 0) is 16.0 Å². The van der Waals surface area contributed by atoms with E-state index in [1.165, 1.54) is 47.7 Å². The van der Waals surface area contributed by atoms with Crippen molar-refractivity contribution < 1.29 is 18.9 Å². The number of hydrogen-bond acceptors (Lipinski definition) is 6. The highest BCUT2D eigenvalue weighted by molar-refractivity contribution is 7.15. The fourth-order valence-electron chi connectivity index (χ4n) is 2.63. The third-order valence-electron chi connectivity index (χ3n) is 4.14. The maximum absolute atomic E-state index is 13.4. The summed E-state index contributed by atoms with van der Waals surface area (Å²) in [6.07, 6.45) is 0.468. The second-order valence-corrected chi connectivity index (χ2v) is 7.39. The summed E-state index contributed by atoms with van der Waals surface area (Å²) in [5.41, 5.74) is 1.62. The molecule has 2 amide bonds. The van der Waals surface area contributed by atoms with Gasteiger partial charge in [-0.05, 0) is 31.2 Å². The Kier molecular flexibility index (Phi) is 6.48. The number of nitrogens with one attached hydrogen (secondary N) is 2. The van der Waals surface area contributed by atoms with Crippen molar-refractivity contribution in [3.05, 3.63) is 75.0 Å². The smallest absolute Gasteiger partial charge is 0.313 e. The normalized spacial score (nSPS) is 10.5. The van der Waals surface area contributed by atoms with Crippen LogP contribution in [0.1, 0.15) is 10.6 Å². The average molecular weight is 428 g/mol. The van der Waals surface area contributed by atoms with E-state index in [0.29, 0.717) is 17.0 Å². The predicted octanol–water partition coefficient (Wildman–Crippen LogP) is 3.46. The molecule has 3 aromatic rings. The molecule has 0 aliphatic carbocycles. The number of nitro benzene ring substituents is 1. The number of non-ortho nitro benzene ring substituents is 1. The van der Waals surface area contributed by atoms with Gasteiger partial charge in [0.25, 0.3) is 5.69 Å². The zero-order chi connectivity index (χ0) is 21.7. The van der Waals surface area contributed by atoms with E-state index in [-0.39, 0.29) is 23.7 Å². The minimum atomic E-state index is -0.870. The molecule has 0 aliphatic rings. The van der Waals surface area contributed by atoms with E-state index in [4.69, 9.17) is 0 Å². The van der Waals surface area contributed by atoms with Crippen molar-refractivity contribution in [3.63, 3.8) is 0 Å². The molecule has 30 heavy (non-hydrogen) atoms. The first-order chi connectivity index (χ1) is 14.3. The largest absolute Gasteiger partial charge is 0.347 e. The fraction of sp³-hybridized carbons (Fsp3) is 0.150. The van der Waals surface area contributed by atoms with E-state index in [1.807, 2.05) is 6.92 Å². The zero-order valence-corrected chi connectivity index (χ0v) is 16.7. The van der Waals surface area contributed by atoms with Gasteiger partial charge in [-0.2, -0.15) is 0 Å². The number of carbonyl (C=O) groups excluding carboxylic acids is 2. The second-order valence-electron chi connectivity index (χ2n) is 6.30. The highest BCUT2D eigenvalue weighted by atomic mass is 32.1. The molecule has 1 heterocycles. The molecule has 1 aromatic heterocycles. The molecular weight excluding hydrogens is 411 g/mol. The van der Waals surface area contributed by atoms with E-state index in [0.717, 1.165) is 10.6 Å². The molecule has 10 heteroatoms. The van der Waals surface area contributed by atoms with Gasteiger partial charge in [-0.3, -0.25) is 19.7 Å². The number of benzene rings is 2. The number of nitro groups is 1. The van der Waals surface area contributed by atoms with Crippen molar-refractivity contribution in [2.24, 2.45) is 0 Å². The van der Waals surface area contributed by atoms with Crippen molar-refractivity contribution in [2.45, 2.75) is 13.3 Å². The van der Waals surface area contributed by atoms with Crippen LogP contribution in [0.2, 0.25) is 0 Å². The van der Waals surface area contributed by atoms with Gasteiger partial charge in [0.05, 0.1) is 10.6 Å². The number of rotatable bonds is 6. The number of thiazole rings is 1. The minimum absolute atomic E-state index is 0.116. The van der Waals surface area contributed by atoms with Crippen LogP contribution in [0.25, 0.3) is 10.6 Å². The second kappa shape index (κ2) is 9.23. The number of halogens is 1. The summed E-state index contributed by atoms with van der Waals surface area (Å²) in [4.78, 5) is 39.4. The summed E-state index contributed by atoms with van der Waals surface area (Å²) in [6.45, 7) is 2.05. The van der Waals surface area contributed by atoms with Gasteiger partial charge in [0.1, 0.15) is 10.8 Å². The van der Waals surface area contributed by atoms with Gasteiger partial charge in [0.2, 0.25) is 0 Å². The monoisotopic (exact) mass is 428 g/mol. The minimum Gasteiger partial charge on any atom is -0.347 e. The number of aryl methyl sites for hydroxylation is 1. The summed E-state index contributed by atoms with van der Waals surface area (Å²) in [5.74, 6) is -2.03. The van der Waals surface area contributed by atoms with Gasteiger partial charge in [-0.15, -0.1) is 11.3 Å². The molecule has 3 rings (SSSR count). The number of aromatic nitrogens is 1. The molecule has 2 aromatic carbocycles. The van der Waals surface area contributed by atoms with E-state index >= 15 is 0 Å². The number of hydrogen-bond donors (Lipinski definition) is 2. The van der Waals surface area contributed by atoms with Gasteiger partial charge >= 0.3 is 11.8 Å². The number of amides is 2. The van der Waals surface area contributed by atoms with Crippen molar-refractivity contribution in [3.8, 4) is 10.6 Å². The molecule has 0 unspecified atom stereocenters. The van der Waals surface area contributed by atoms with Crippen LogP contribution in [0.15, 0.2) is 48.5 Å². The lowest BCUT2D eigenvalue weighted by molar-refractivity contribution is -0.384. The molecule has 0 aliphatic heterocycles. The molecule has 0 saturated carbocycles. The van der Waals surface area contributed by atoms with E-state index in [2.05, 4.69) is 15.6 Å². The van der Waals surface area contributed by atoms with E-state index in [9.17, 15) is 24.1 Å². The zero-order valence-electron chi connectivity index (χ0n) is 15.8. The maximum atomic E-state index is 13.4. The van der Waals surface area contributed by atoms with Crippen LogP contribution in [0.4, 0.5) is 15.8 Å². The molecule has 2 N–H and O–H groups in total. The third kappa shape index (κ3) is 5.23. The average Bonchev–Trinajstić information content (AvgIpc) is 3.09. The van der Waals surface area contributed by atoms with E-state index < -0.39 is 16.7 Å². The van der Waals surface area contributed by atoms with Crippen molar-refractivity contribution in [2.75, 3.05) is 11.9 Å². The van der Waals surface area contributed by atoms with Crippen molar-refractivity contribution >= 4 is 34.5 Å². The Hall–Kier alpha value is -3.66. The summed E-state index contributed by atoms with van der Waals surface area (Å²) in [5, 5.41) is 16.2. The Bertz CT molecular complexity index is 1100. The first kappa shape index (κ1) is 21.1. The summed E-state index contributed by atoms with van der Waals surface area (Å²) < 4.78 is 13.4. The highest BCUT2D eigenvalue weighted by Gasteiger charge is 2.15. The molecule has 0 saturated heterocycles. The number of nitrogens with zero attached hydrogens (tertiary/aromatic N) is 2. The first-order valence-electron chi connectivity index (χ1n) is 8.89. The Balaban J connectivity index is 1.52. The molecule has 0 atom stereocenters. The summed E-state index contributed by atoms with van der Waals surface area (Å²) in [7, 11) is 0. The van der Waals surface area contributed by atoms with Gasteiger partial charge in [0, 0.05) is 41.2 Å². The quantitative estimate of drug-likeness (QED) is 0.355. The van der Waals surface area contributed by atoms with Crippen LogP contribution in [-0.4, -0.2) is 28.3 Å². The lowest BCUT2D eigenvalue weighted by Gasteiger charge is -2.06. The molecule has 0 radical (unpaired) electrons. The SMILES string of the molecule is Cc1nc(-c2cccc(F)c2)sc1CCNC(=O)C(=O)Nc1ccc([N+](=O)[O-])cc1. The number of anilines is 1. The maximum Gasteiger partial charge on any atom is 0.313 e. The fourth-order valence-corrected chi connectivity index (χ4v) is 3.69. The summed E-state index contributed by atoms with van der Waals surface area (Å²) in [6, 6.07) is 11.3.